The van der Waals surface area contributed by atoms with Crippen molar-refractivity contribution in [2.45, 2.75) is 56.4 Å². The number of thioether (sulfide) groups is 1. The number of carbonyl (C=O) groups excluding carboxylic acids is 1. The van der Waals surface area contributed by atoms with Gasteiger partial charge in [0.05, 0.1) is 16.8 Å². The van der Waals surface area contributed by atoms with Gasteiger partial charge in [0.25, 0.3) is 0 Å². The summed E-state index contributed by atoms with van der Waals surface area (Å²) in [6.07, 6.45) is 0.496. The van der Waals surface area contributed by atoms with Crippen molar-refractivity contribution < 1.29 is 13.2 Å². The van der Waals surface area contributed by atoms with E-state index in [1.807, 2.05) is 26.8 Å². The summed E-state index contributed by atoms with van der Waals surface area (Å²) in [4.78, 5) is 21.1. The molecule has 1 aliphatic heterocycles. The molecule has 1 aromatic heterocycles. The Morgan fingerprint density at radius 2 is 2.04 bits per heavy atom. The molecule has 8 heteroatoms. The fourth-order valence-electron chi connectivity index (χ4n) is 2.34. The van der Waals surface area contributed by atoms with Gasteiger partial charge in [0, 0.05) is 17.7 Å². The Morgan fingerprint density at radius 3 is 2.61 bits per heavy atom. The average Bonchev–Trinajstić information content (AvgIpc) is 2.77. The van der Waals surface area contributed by atoms with E-state index in [0.29, 0.717) is 6.42 Å². The summed E-state index contributed by atoms with van der Waals surface area (Å²) in [5, 5.41) is 3.25. The molecular formula is C15H23N3O3S2. The lowest BCUT2D eigenvalue weighted by Gasteiger charge is -2.16. The lowest BCUT2D eigenvalue weighted by molar-refractivity contribution is -0.120. The summed E-state index contributed by atoms with van der Waals surface area (Å²) in [6, 6.07) is 1.59. The van der Waals surface area contributed by atoms with E-state index >= 15 is 0 Å². The van der Waals surface area contributed by atoms with Gasteiger partial charge in [-0.2, -0.15) is 0 Å². The first-order valence-corrected chi connectivity index (χ1v) is 10.4. The highest BCUT2D eigenvalue weighted by Gasteiger charge is 2.30. The van der Waals surface area contributed by atoms with Gasteiger partial charge in [0.2, 0.25) is 5.91 Å². The fraction of sp³-hybridized carbons (Fsp3) is 0.667. The third-order valence-electron chi connectivity index (χ3n) is 3.61. The Balaban J connectivity index is 1.98. The standard InChI is InChI=1S/C15H23N3O3S2/c1-9(2)14-16-10(3)7-13(18-14)22-11(4)15(19)17-12-5-6-23(20,21)8-12/h7,9,11-12H,5-6,8H2,1-4H3,(H,17,19)/t11-,12+/m0/s1. The van der Waals surface area contributed by atoms with Gasteiger partial charge >= 0.3 is 0 Å². The SMILES string of the molecule is Cc1cc(S[C@@H](C)C(=O)N[C@@H]2CCS(=O)(=O)C2)nc(C(C)C)n1. The zero-order valence-corrected chi connectivity index (χ0v) is 15.5. The molecule has 2 rings (SSSR count). The van der Waals surface area contributed by atoms with Gasteiger partial charge in [-0.15, -0.1) is 0 Å². The highest BCUT2D eigenvalue weighted by molar-refractivity contribution is 8.00. The molecule has 1 aliphatic rings. The minimum Gasteiger partial charge on any atom is -0.351 e. The van der Waals surface area contributed by atoms with E-state index in [-0.39, 0.29) is 34.6 Å². The quantitative estimate of drug-likeness (QED) is 0.637. The van der Waals surface area contributed by atoms with Gasteiger partial charge in [0.15, 0.2) is 9.84 Å². The largest absolute Gasteiger partial charge is 0.351 e. The lowest BCUT2D eigenvalue weighted by Crippen LogP contribution is -2.39. The maximum Gasteiger partial charge on any atom is 0.233 e. The number of hydrogen-bond acceptors (Lipinski definition) is 6. The molecule has 0 aromatic carbocycles. The molecule has 1 saturated heterocycles. The Morgan fingerprint density at radius 1 is 1.35 bits per heavy atom. The Hall–Kier alpha value is -1.15. The maximum atomic E-state index is 12.2. The van der Waals surface area contributed by atoms with Crippen LogP contribution in [0.5, 0.6) is 0 Å². The minimum atomic E-state index is -2.99. The minimum absolute atomic E-state index is 0.0419. The second-order valence-corrected chi connectivity index (χ2v) is 9.82. The second-order valence-electron chi connectivity index (χ2n) is 6.23. The van der Waals surface area contributed by atoms with Crippen LogP contribution in [0.15, 0.2) is 11.1 Å². The Kier molecular flexibility index (Phi) is 5.67. The third kappa shape index (κ3) is 5.17. The van der Waals surface area contributed by atoms with Crippen LogP contribution in [0.2, 0.25) is 0 Å². The zero-order valence-electron chi connectivity index (χ0n) is 13.9. The molecule has 0 radical (unpaired) electrons. The molecular weight excluding hydrogens is 334 g/mol. The summed E-state index contributed by atoms with van der Waals surface area (Å²) in [5.41, 5.74) is 0.876. The number of aryl methyl sites for hydroxylation is 1. The van der Waals surface area contributed by atoms with Crippen molar-refractivity contribution in [2.75, 3.05) is 11.5 Å². The summed E-state index contributed by atoms with van der Waals surface area (Å²) < 4.78 is 22.9. The van der Waals surface area contributed by atoms with Crippen LogP contribution in [0.25, 0.3) is 0 Å². The molecule has 6 nitrogen and oxygen atoms in total. The molecule has 23 heavy (non-hydrogen) atoms. The van der Waals surface area contributed by atoms with E-state index in [9.17, 15) is 13.2 Å². The van der Waals surface area contributed by atoms with Gasteiger partial charge in [-0.05, 0) is 26.3 Å². The lowest BCUT2D eigenvalue weighted by atomic mass is 10.2. The van der Waals surface area contributed by atoms with Crippen LogP contribution in [0.1, 0.15) is 44.6 Å². The summed E-state index contributed by atoms with van der Waals surface area (Å²) in [5.74, 6) is 1.03. The molecule has 128 valence electrons. The molecule has 0 aliphatic carbocycles. The molecule has 0 unspecified atom stereocenters. The average molecular weight is 358 g/mol. The predicted octanol–water partition coefficient (Wildman–Crippen LogP) is 1.69. The van der Waals surface area contributed by atoms with Gasteiger partial charge in [-0.3, -0.25) is 4.79 Å². The van der Waals surface area contributed by atoms with Crippen molar-refractivity contribution in [3.63, 3.8) is 0 Å². The number of amides is 1. The molecule has 2 atom stereocenters. The third-order valence-corrected chi connectivity index (χ3v) is 6.40. The number of carbonyl (C=O) groups is 1. The number of aromatic nitrogens is 2. The molecule has 0 saturated carbocycles. The summed E-state index contributed by atoms with van der Waals surface area (Å²) in [6.45, 7) is 7.77. The molecule has 1 N–H and O–H groups in total. The van der Waals surface area contributed by atoms with Crippen LogP contribution in [0.3, 0.4) is 0 Å². The first-order valence-electron chi connectivity index (χ1n) is 7.69. The van der Waals surface area contributed by atoms with Gasteiger partial charge < -0.3 is 5.32 Å². The van der Waals surface area contributed by atoms with E-state index in [4.69, 9.17) is 0 Å². The highest BCUT2D eigenvalue weighted by atomic mass is 32.2. The van der Waals surface area contributed by atoms with Crippen molar-refractivity contribution in [1.29, 1.82) is 0 Å². The second kappa shape index (κ2) is 7.17. The summed E-state index contributed by atoms with van der Waals surface area (Å²) in [7, 11) is -2.99. The van der Waals surface area contributed by atoms with Crippen molar-refractivity contribution in [3.8, 4) is 0 Å². The van der Waals surface area contributed by atoms with E-state index in [0.717, 1.165) is 16.5 Å². The van der Waals surface area contributed by atoms with E-state index in [2.05, 4.69) is 15.3 Å². The molecule has 1 amide bonds. The summed E-state index contributed by atoms with van der Waals surface area (Å²) >= 11 is 1.37. The molecule has 0 spiro atoms. The van der Waals surface area contributed by atoms with Crippen molar-refractivity contribution in [2.24, 2.45) is 0 Å². The van der Waals surface area contributed by atoms with E-state index < -0.39 is 9.84 Å². The molecule has 0 bridgehead atoms. The molecule has 1 aromatic rings. The van der Waals surface area contributed by atoms with Crippen LogP contribution in [0, 0.1) is 6.92 Å². The predicted molar refractivity (Wildman–Crippen MR) is 91.4 cm³/mol. The van der Waals surface area contributed by atoms with Gasteiger partial charge in [-0.25, -0.2) is 18.4 Å². The Bertz CT molecular complexity index is 689. The Labute approximate surface area is 141 Å². The van der Waals surface area contributed by atoms with E-state index in [1.54, 1.807) is 6.92 Å². The topological polar surface area (TPSA) is 89.0 Å². The first-order chi connectivity index (χ1) is 10.7. The van der Waals surface area contributed by atoms with Crippen LogP contribution in [0.4, 0.5) is 0 Å². The fourth-order valence-corrected chi connectivity index (χ4v) is 4.94. The van der Waals surface area contributed by atoms with Crippen molar-refractivity contribution in [1.82, 2.24) is 15.3 Å². The number of nitrogens with zero attached hydrogens (tertiary/aromatic N) is 2. The van der Waals surface area contributed by atoms with Crippen LogP contribution < -0.4 is 5.32 Å². The van der Waals surface area contributed by atoms with Crippen LogP contribution >= 0.6 is 11.8 Å². The van der Waals surface area contributed by atoms with Crippen LogP contribution in [-0.2, 0) is 14.6 Å². The monoisotopic (exact) mass is 357 g/mol. The highest BCUT2D eigenvalue weighted by Crippen LogP contribution is 2.24. The number of rotatable bonds is 5. The zero-order chi connectivity index (χ0) is 17.2. The van der Waals surface area contributed by atoms with Gasteiger partial charge in [0.1, 0.15) is 10.9 Å². The van der Waals surface area contributed by atoms with E-state index in [1.165, 1.54) is 11.8 Å². The number of nitrogens with one attached hydrogen (secondary N) is 1. The van der Waals surface area contributed by atoms with Crippen molar-refractivity contribution in [3.05, 3.63) is 17.6 Å². The normalized spacial score (nSPS) is 21.3. The van der Waals surface area contributed by atoms with Crippen molar-refractivity contribution >= 4 is 27.5 Å². The first kappa shape index (κ1) is 18.2. The maximum absolute atomic E-state index is 12.2. The number of sulfone groups is 1. The van der Waals surface area contributed by atoms with Crippen LogP contribution in [-0.4, -0.2) is 47.1 Å². The molecule has 1 fully saturated rings. The molecule has 2 heterocycles. The van der Waals surface area contributed by atoms with Gasteiger partial charge in [-0.1, -0.05) is 25.6 Å². The number of hydrogen-bond donors (Lipinski definition) is 1. The smallest absolute Gasteiger partial charge is 0.233 e.